The van der Waals surface area contributed by atoms with Crippen molar-refractivity contribution in [1.29, 1.82) is 0 Å². The monoisotopic (exact) mass is 461 g/mol. The molecule has 0 radical (unpaired) electrons. The number of carboxylic acid groups (broad SMARTS) is 1. The number of methoxy groups -OCH3 is 2. The largest absolute Gasteiger partial charge is 0.497 e. The lowest BCUT2D eigenvalue weighted by molar-refractivity contribution is -0.137. The normalized spacial score (nSPS) is 12.3. The summed E-state index contributed by atoms with van der Waals surface area (Å²) in [5, 5.41) is 11.8. The van der Waals surface area contributed by atoms with E-state index < -0.39 is 12.0 Å². The van der Waals surface area contributed by atoms with Crippen molar-refractivity contribution in [3.05, 3.63) is 36.4 Å². The Morgan fingerprint density at radius 2 is 1.94 bits per heavy atom. The molecule has 9 heteroatoms. The zero-order valence-corrected chi connectivity index (χ0v) is 20.1. The fraction of sp³-hybridized carbons (Fsp3) is 0.542. The van der Waals surface area contributed by atoms with Crippen LogP contribution < -0.4 is 14.8 Å². The van der Waals surface area contributed by atoms with Crippen molar-refractivity contribution >= 4 is 17.6 Å². The number of carbonyl (C=O) groups excluding carboxylic acids is 1. The summed E-state index contributed by atoms with van der Waals surface area (Å²) in [5.74, 6) is 0.106. The fourth-order valence-electron chi connectivity index (χ4n) is 3.52. The van der Waals surface area contributed by atoms with Crippen LogP contribution >= 0.6 is 0 Å². The van der Waals surface area contributed by atoms with Gasteiger partial charge in [-0.15, -0.1) is 0 Å². The minimum absolute atomic E-state index is 0.0345. The molecule has 1 unspecified atom stereocenters. The lowest BCUT2D eigenvalue weighted by Crippen LogP contribution is -2.26. The van der Waals surface area contributed by atoms with E-state index in [1.54, 1.807) is 36.5 Å². The third-order valence-electron chi connectivity index (χ3n) is 5.24. The molecule has 2 rings (SSSR count). The van der Waals surface area contributed by atoms with Crippen LogP contribution in [-0.2, 0) is 19.7 Å². The van der Waals surface area contributed by atoms with Crippen molar-refractivity contribution < 1.29 is 28.9 Å². The highest BCUT2D eigenvalue weighted by molar-refractivity contribution is 5.95. The summed E-state index contributed by atoms with van der Waals surface area (Å²) in [6, 6.07) is 3.13. The van der Waals surface area contributed by atoms with Gasteiger partial charge >= 0.3 is 5.97 Å². The first-order chi connectivity index (χ1) is 15.7. The second kappa shape index (κ2) is 12.2. The number of nitrogens with one attached hydrogen (secondary N) is 1. The zero-order valence-electron chi connectivity index (χ0n) is 20.1. The van der Waals surface area contributed by atoms with Crippen molar-refractivity contribution in [2.24, 2.45) is 0 Å². The maximum Gasteiger partial charge on any atom is 0.303 e. The Hall–Kier alpha value is -3.07. The van der Waals surface area contributed by atoms with E-state index in [4.69, 9.17) is 19.3 Å². The highest BCUT2D eigenvalue weighted by atomic mass is 16.7. The minimum atomic E-state index is -0.810. The van der Waals surface area contributed by atoms with Crippen molar-refractivity contribution in [2.75, 3.05) is 26.3 Å². The van der Waals surface area contributed by atoms with Gasteiger partial charge in [0.15, 0.2) is 6.79 Å². The average Bonchev–Trinajstić information content (AvgIpc) is 3.28. The first-order valence-electron chi connectivity index (χ1n) is 11.0. The lowest BCUT2D eigenvalue weighted by atomic mass is 9.85. The zero-order chi connectivity index (χ0) is 24.4. The Morgan fingerprint density at radius 3 is 2.52 bits per heavy atom. The second-order valence-corrected chi connectivity index (χ2v) is 8.86. The van der Waals surface area contributed by atoms with Crippen LogP contribution in [0, 0.1) is 0 Å². The number of hydrogen-bond donors (Lipinski definition) is 2. The van der Waals surface area contributed by atoms with E-state index in [1.165, 1.54) is 7.11 Å². The van der Waals surface area contributed by atoms with Crippen LogP contribution in [0.15, 0.2) is 30.9 Å². The summed E-state index contributed by atoms with van der Waals surface area (Å²) < 4.78 is 18.2. The van der Waals surface area contributed by atoms with Crippen molar-refractivity contribution in [1.82, 2.24) is 9.55 Å². The second-order valence-electron chi connectivity index (χ2n) is 8.86. The molecule has 0 spiro atoms. The van der Waals surface area contributed by atoms with Gasteiger partial charge in [-0.1, -0.05) is 33.6 Å². The van der Waals surface area contributed by atoms with E-state index in [0.717, 1.165) is 12.0 Å². The summed E-state index contributed by atoms with van der Waals surface area (Å²) in [5.41, 5.74) is 1.10. The molecule has 0 bridgehead atoms. The smallest absolute Gasteiger partial charge is 0.303 e. The number of carboxylic acids is 1. The summed E-state index contributed by atoms with van der Waals surface area (Å²) in [6.07, 6.45) is 7.66. The van der Waals surface area contributed by atoms with Crippen LogP contribution in [0.5, 0.6) is 11.5 Å². The number of nitrogens with zero attached hydrogens (tertiary/aromatic N) is 2. The van der Waals surface area contributed by atoms with E-state index in [2.05, 4.69) is 31.1 Å². The Morgan fingerprint density at radius 1 is 1.18 bits per heavy atom. The molecule has 0 saturated heterocycles. The van der Waals surface area contributed by atoms with Crippen LogP contribution in [0.1, 0.15) is 64.5 Å². The third kappa shape index (κ3) is 7.78. The van der Waals surface area contributed by atoms with Gasteiger partial charge in [0.25, 0.3) is 0 Å². The molecule has 2 aromatic rings. The Labute approximate surface area is 195 Å². The molecule has 0 fully saturated rings. The molecule has 1 heterocycles. The molecule has 1 amide bonds. The van der Waals surface area contributed by atoms with Crippen LogP contribution in [-0.4, -0.2) is 47.5 Å². The number of rotatable bonds is 13. The number of unbranched alkanes of at least 4 members (excludes halogenated alkanes) is 2. The first kappa shape index (κ1) is 26.2. The topological polar surface area (TPSA) is 112 Å². The molecule has 1 atom stereocenters. The quantitative estimate of drug-likeness (QED) is 0.336. The van der Waals surface area contributed by atoms with E-state index in [9.17, 15) is 9.59 Å². The minimum Gasteiger partial charge on any atom is -0.497 e. The maximum atomic E-state index is 13.4. The predicted molar refractivity (Wildman–Crippen MR) is 125 cm³/mol. The number of carbonyl (C=O) groups is 2. The van der Waals surface area contributed by atoms with Gasteiger partial charge in [0.2, 0.25) is 5.91 Å². The van der Waals surface area contributed by atoms with Gasteiger partial charge < -0.3 is 29.2 Å². The number of amides is 1. The van der Waals surface area contributed by atoms with E-state index in [1.807, 2.05) is 6.07 Å². The number of imidazole rings is 1. The summed E-state index contributed by atoms with van der Waals surface area (Å²) >= 11 is 0. The Kier molecular flexibility index (Phi) is 9.72. The maximum absolute atomic E-state index is 13.4. The van der Waals surface area contributed by atoms with Gasteiger partial charge in [0.05, 0.1) is 19.1 Å². The molecular weight excluding hydrogens is 426 g/mol. The number of benzene rings is 1. The van der Waals surface area contributed by atoms with Crippen molar-refractivity contribution in [3.63, 3.8) is 0 Å². The molecule has 182 valence electrons. The predicted octanol–water partition coefficient (Wildman–Crippen LogP) is 4.39. The van der Waals surface area contributed by atoms with Crippen LogP contribution in [0.4, 0.5) is 5.69 Å². The van der Waals surface area contributed by atoms with Crippen molar-refractivity contribution in [2.45, 2.75) is 64.3 Å². The molecule has 0 saturated carbocycles. The average molecular weight is 462 g/mol. The number of hydrogen-bond acceptors (Lipinski definition) is 6. The molecule has 2 N–H and O–H groups in total. The van der Waals surface area contributed by atoms with Crippen LogP contribution in [0.25, 0.3) is 0 Å². The van der Waals surface area contributed by atoms with E-state index in [0.29, 0.717) is 36.4 Å². The van der Waals surface area contributed by atoms with E-state index >= 15 is 0 Å². The standard InChI is InChI=1S/C24H35N3O6/c1-24(2,3)18-13-17(32-5)14-19(22(18)33-16-31-4)26-23(30)20(27-12-11-25-15-27)9-7-6-8-10-21(28)29/h11-15,20H,6-10,16H2,1-5H3,(H,26,30)(H,28,29). The highest BCUT2D eigenvalue weighted by Crippen LogP contribution is 2.41. The van der Waals surface area contributed by atoms with Gasteiger partial charge in [-0.05, 0) is 24.3 Å². The first-order valence-corrected chi connectivity index (χ1v) is 11.0. The summed E-state index contributed by atoms with van der Waals surface area (Å²) in [6.45, 7) is 6.20. The molecule has 9 nitrogen and oxygen atoms in total. The lowest BCUT2D eigenvalue weighted by Gasteiger charge is -2.26. The number of aliphatic carboxylic acids is 1. The number of ether oxygens (including phenoxy) is 3. The van der Waals surface area contributed by atoms with Crippen LogP contribution in [0.3, 0.4) is 0 Å². The molecular formula is C24H35N3O6. The molecule has 1 aromatic heterocycles. The Balaban J connectivity index is 2.30. The number of aromatic nitrogens is 2. The molecule has 1 aromatic carbocycles. The number of anilines is 1. The highest BCUT2D eigenvalue weighted by Gasteiger charge is 2.26. The van der Waals surface area contributed by atoms with Gasteiger partial charge in [-0.3, -0.25) is 9.59 Å². The Bertz CT molecular complexity index is 906. The molecule has 0 aliphatic heterocycles. The van der Waals surface area contributed by atoms with E-state index in [-0.39, 0.29) is 24.5 Å². The van der Waals surface area contributed by atoms with Crippen molar-refractivity contribution in [3.8, 4) is 11.5 Å². The fourth-order valence-corrected chi connectivity index (χ4v) is 3.52. The molecule has 0 aliphatic carbocycles. The van der Waals surface area contributed by atoms with Gasteiger partial charge in [-0.25, -0.2) is 4.98 Å². The van der Waals surface area contributed by atoms with Gasteiger partial charge in [-0.2, -0.15) is 0 Å². The molecule has 0 aliphatic rings. The SMILES string of the molecule is COCOc1c(NC(=O)C(CCCCCC(=O)O)n2ccnc2)cc(OC)cc1C(C)(C)C. The third-order valence-corrected chi connectivity index (χ3v) is 5.24. The van der Waals surface area contributed by atoms with Gasteiger partial charge in [0, 0.05) is 37.6 Å². The summed E-state index contributed by atoms with van der Waals surface area (Å²) in [7, 11) is 3.12. The van der Waals surface area contributed by atoms with Crippen LogP contribution in [0.2, 0.25) is 0 Å². The summed E-state index contributed by atoms with van der Waals surface area (Å²) in [4.78, 5) is 28.2. The van der Waals surface area contributed by atoms with Gasteiger partial charge in [0.1, 0.15) is 17.5 Å². The molecule has 33 heavy (non-hydrogen) atoms.